The van der Waals surface area contributed by atoms with E-state index in [-0.39, 0.29) is 5.56 Å². The minimum absolute atomic E-state index is 0.215. The third-order valence-electron chi connectivity index (χ3n) is 1.55. The molecule has 0 heterocycles. The number of allylic oxidation sites excluding steroid dienone is 1. The molecule has 1 nitrogen and oxygen atoms in total. The van der Waals surface area contributed by atoms with Crippen LogP contribution in [0.5, 0.6) is 5.75 Å². The fourth-order valence-corrected chi connectivity index (χ4v) is 1.02. The second kappa shape index (κ2) is 4.33. The molecule has 0 saturated heterocycles. The molecule has 5 heteroatoms. The first kappa shape index (κ1) is 11.6. The molecule has 0 fully saturated rings. The van der Waals surface area contributed by atoms with Crippen LogP contribution in [0.4, 0.5) is 17.6 Å². The van der Waals surface area contributed by atoms with Gasteiger partial charge in [-0.3, -0.25) is 0 Å². The molecule has 0 saturated carbocycles. The molecule has 0 aliphatic rings. The molecule has 0 atom stereocenters. The Labute approximate surface area is 84.0 Å². The van der Waals surface area contributed by atoms with Gasteiger partial charge < -0.3 is 4.74 Å². The molecule has 0 aliphatic heterocycles. The first-order chi connectivity index (χ1) is 6.92. The lowest BCUT2D eigenvalue weighted by atomic mass is 10.2. The Balaban J connectivity index is 2.92. The summed E-state index contributed by atoms with van der Waals surface area (Å²) in [5, 5.41) is 0. The van der Waals surface area contributed by atoms with Crippen LogP contribution in [0.15, 0.2) is 24.3 Å². The van der Waals surface area contributed by atoms with Gasteiger partial charge >= 0.3 is 6.36 Å². The molecular weight excluding hydrogens is 212 g/mol. The van der Waals surface area contributed by atoms with Gasteiger partial charge in [-0.05, 0) is 19.1 Å². The Morgan fingerprint density at radius 1 is 1.27 bits per heavy atom. The summed E-state index contributed by atoms with van der Waals surface area (Å²) in [6, 6.07) is 2.98. The third kappa shape index (κ3) is 3.61. The highest BCUT2D eigenvalue weighted by atomic mass is 19.4. The number of hydrogen-bond donors (Lipinski definition) is 0. The summed E-state index contributed by atoms with van der Waals surface area (Å²) in [4.78, 5) is 0. The normalized spacial score (nSPS) is 12.1. The van der Waals surface area contributed by atoms with Crippen molar-refractivity contribution in [2.75, 3.05) is 0 Å². The molecule has 1 aromatic carbocycles. The molecule has 0 radical (unpaired) electrons. The van der Waals surface area contributed by atoms with Gasteiger partial charge in [0.05, 0.1) is 0 Å². The van der Waals surface area contributed by atoms with Crippen LogP contribution >= 0.6 is 0 Å². The molecule has 1 rings (SSSR count). The number of rotatable bonds is 2. The number of ether oxygens (including phenoxy) is 1. The number of halogens is 4. The highest BCUT2D eigenvalue weighted by molar-refractivity contribution is 5.51. The molecular formula is C10H8F4O. The van der Waals surface area contributed by atoms with Crippen molar-refractivity contribution >= 4 is 6.08 Å². The van der Waals surface area contributed by atoms with Crippen molar-refractivity contribution < 1.29 is 22.3 Å². The van der Waals surface area contributed by atoms with Crippen molar-refractivity contribution in [1.29, 1.82) is 0 Å². The van der Waals surface area contributed by atoms with Gasteiger partial charge in [0.25, 0.3) is 0 Å². The molecule has 1 aromatic rings. The standard InChI is InChI=1S/C10H8F4O/c1-2-3-7-4-5-8(6-9(7)11)15-10(12,13)14/h2-6H,1H3. The maximum atomic E-state index is 13.1. The van der Waals surface area contributed by atoms with E-state index in [0.29, 0.717) is 6.07 Å². The SMILES string of the molecule is CC=Cc1ccc(OC(F)(F)F)cc1F. The summed E-state index contributed by atoms with van der Waals surface area (Å²) < 4.78 is 52.0. The molecule has 0 unspecified atom stereocenters. The first-order valence-electron chi connectivity index (χ1n) is 4.10. The number of benzene rings is 1. The molecule has 15 heavy (non-hydrogen) atoms. The predicted octanol–water partition coefficient (Wildman–Crippen LogP) is 3.76. The van der Waals surface area contributed by atoms with E-state index in [1.54, 1.807) is 13.0 Å². The largest absolute Gasteiger partial charge is 0.573 e. The lowest BCUT2D eigenvalue weighted by Crippen LogP contribution is -2.17. The van der Waals surface area contributed by atoms with Crippen LogP contribution in [0, 0.1) is 5.82 Å². The number of alkyl halides is 3. The molecule has 0 amide bonds. The molecule has 0 aromatic heterocycles. The molecule has 0 N–H and O–H groups in total. The fourth-order valence-electron chi connectivity index (χ4n) is 1.02. The minimum Gasteiger partial charge on any atom is -0.406 e. The van der Waals surface area contributed by atoms with E-state index in [4.69, 9.17) is 0 Å². The Bertz CT molecular complexity index is 368. The Hall–Kier alpha value is -1.52. The Morgan fingerprint density at radius 2 is 1.93 bits per heavy atom. The third-order valence-corrected chi connectivity index (χ3v) is 1.55. The number of hydrogen-bond acceptors (Lipinski definition) is 1. The zero-order chi connectivity index (χ0) is 11.5. The summed E-state index contributed by atoms with van der Waals surface area (Å²) in [7, 11) is 0. The van der Waals surface area contributed by atoms with E-state index in [1.807, 2.05) is 0 Å². The average molecular weight is 220 g/mol. The van der Waals surface area contributed by atoms with Gasteiger partial charge in [0.2, 0.25) is 0 Å². The van der Waals surface area contributed by atoms with Crippen LogP contribution in [0.3, 0.4) is 0 Å². The van der Waals surface area contributed by atoms with Crippen molar-refractivity contribution in [1.82, 2.24) is 0 Å². The van der Waals surface area contributed by atoms with Crippen molar-refractivity contribution in [2.24, 2.45) is 0 Å². The van der Waals surface area contributed by atoms with E-state index >= 15 is 0 Å². The molecule has 0 aliphatic carbocycles. The maximum Gasteiger partial charge on any atom is 0.573 e. The van der Waals surface area contributed by atoms with Gasteiger partial charge in [0, 0.05) is 11.6 Å². The van der Waals surface area contributed by atoms with Crippen LogP contribution in [0.1, 0.15) is 12.5 Å². The highest BCUT2D eigenvalue weighted by Crippen LogP contribution is 2.24. The van der Waals surface area contributed by atoms with Crippen molar-refractivity contribution in [3.63, 3.8) is 0 Å². The van der Waals surface area contributed by atoms with Crippen LogP contribution in [-0.2, 0) is 0 Å². The fraction of sp³-hybridized carbons (Fsp3) is 0.200. The van der Waals surface area contributed by atoms with E-state index in [2.05, 4.69) is 4.74 Å². The van der Waals surface area contributed by atoms with E-state index in [9.17, 15) is 17.6 Å². The summed E-state index contributed by atoms with van der Waals surface area (Å²) in [6.45, 7) is 1.68. The average Bonchev–Trinajstić information content (AvgIpc) is 2.07. The first-order valence-corrected chi connectivity index (χ1v) is 4.10. The lowest BCUT2D eigenvalue weighted by Gasteiger charge is -2.09. The van der Waals surface area contributed by atoms with Gasteiger partial charge in [0.1, 0.15) is 11.6 Å². The van der Waals surface area contributed by atoms with Gasteiger partial charge in [-0.2, -0.15) is 0 Å². The molecule has 82 valence electrons. The van der Waals surface area contributed by atoms with Gasteiger partial charge in [-0.25, -0.2) is 4.39 Å². The van der Waals surface area contributed by atoms with E-state index < -0.39 is 17.9 Å². The van der Waals surface area contributed by atoms with Crippen LogP contribution in [0.2, 0.25) is 0 Å². The quantitative estimate of drug-likeness (QED) is 0.689. The smallest absolute Gasteiger partial charge is 0.406 e. The van der Waals surface area contributed by atoms with Crippen molar-refractivity contribution in [3.05, 3.63) is 35.7 Å². The van der Waals surface area contributed by atoms with Crippen LogP contribution in [-0.4, -0.2) is 6.36 Å². The zero-order valence-electron chi connectivity index (χ0n) is 7.81. The van der Waals surface area contributed by atoms with E-state index in [0.717, 1.165) is 6.07 Å². The van der Waals surface area contributed by atoms with Crippen LogP contribution in [0.25, 0.3) is 6.08 Å². The monoisotopic (exact) mass is 220 g/mol. The highest BCUT2D eigenvalue weighted by Gasteiger charge is 2.31. The van der Waals surface area contributed by atoms with Crippen molar-refractivity contribution in [3.8, 4) is 5.75 Å². The molecule has 0 bridgehead atoms. The second-order valence-electron chi connectivity index (χ2n) is 2.73. The predicted molar refractivity (Wildman–Crippen MR) is 47.8 cm³/mol. The summed E-state index contributed by atoms with van der Waals surface area (Å²) in [5.74, 6) is -1.32. The lowest BCUT2D eigenvalue weighted by molar-refractivity contribution is -0.274. The van der Waals surface area contributed by atoms with Gasteiger partial charge in [0.15, 0.2) is 0 Å². The summed E-state index contributed by atoms with van der Waals surface area (Å²) in [6.07, 6.45) is -1.76. The zero-order valence-corrected chi connectivity index (χ0v) is 7.81. The van der Waals surface area contributed by atoms with E-state index in [1.165, 1.54) is 12.1 Å². The van der Waals surface area contributed by atoms with Crippen LogP contribution < -0.4 is 4.74 Å². The topological polar surface area (TPSA) is 9.23 Å². The molecule has 0 spiro atoms. The van der Waals surface area contributed by atoms with Crippen molar-refractivity contribution in [2.45, 2.75) is 13.3 Å². The summed E-state index contributed by atoms with van der Waals surface area (Å²) >= 11 is 0. The second-order valence-corrected chi connectivity index (χ2v) is 2.73. The maximum absolute atomic E-state index is 13.1. The Kier molecular flexibility index (Phi) is 3.34. The minimum atomic E-state index is -4.80. The summed E-state index contributed by atoms with van der Waals surface area (Å²) in [5.41, 5.74) is 0.215. The Morgan fingerprint density at radius 3 is 2.40 bits per heavy atom. The van der Waals surface area contributed by atoms with Gasteiger partial charge in [-0.1, -0.05) is 12.2 Å². The van der Waals surface area contributed by atoms with Gasteiger partial charge in [-0.15, -0.1) is 13.2 Å².